The highest BCUT2D eigenvalue weighted by molar-refractivity contribution is 4.94. The van der Waals surface area contributed by atoms with Crippen molar-refractivity contribution in [1.82, 2.24) is 4.90 Å². The van der Waals surface area contributed by atoms with E-state index in [1.165, 1.54) is 58.0 Å². The molecule has 1 aliphatic heterocycles. The summed E-state index contributed by atoms with van der Waals surface area (Å²) in [6.45, 7) is 14.6. The minimum absolute atomic E-state index is 0.398. The second-order valence-electron chi connectivity index (χ2n) is 9.14. The maximum atomic E-state index is 6.53. The maximum absolute atomic E-state index is 6.53. The van der Waals surface area contributed by atoms with Crippen LogP contribution in [0.2, 0.25) is 0 Å². The smallest absolute Gasteiger partial charge is 0.0250 e. The summed E-state index contributed by atoms with van der Waals surface area (Å²) in [7, 11) is 0. The van der Waals surface area contributed by atoms with Crippen LogP contribution >= 0.6 is 0 Å². The van der Waals surface area contributed by atoms with Crippen LogP contribution in [0.3, 0.4) is 0 Å². The molecule has 0 bridgehead atoms. The molecule has 0 aromatic carbocycles. The standard InChI is InChI=1S/C19H38N2/c1-6-19(4,5)15-8-9-16(20)17(14-15)21-12-7-10-18(2,3)11-13-21/h15-17H,6-14,20H2,1-5H3. The SMILES string of the molecule is CCC(C)(C)C1CCC(N)C(N2CCCC(C)(C)CC2)C1. The van der Waals surface area contributed by atoms with E-state index in [-0.39, 0.29) is 0 Å². The molecule has 2 rings (SSSR count). The molecule has 0 amide bonds. The van der Waals surface area contributed by atoms with E-state index in [9.17, 15) is 0 Å². The lowest BCUT2D eigenvalue weighted by Crippen LogP contribution is -2.53. The van der Waals surface area contributed by atoms with E-state index in [0.717, 1.165) is 5.92 Å². The van der Waals surface area contributed by atoms with Crippen molar-refractivity contribution in [1.29, 1.82) is 0 Å². The predicted octanol–water partition coefficient (Wildman–Crippen LogP) is 4.43. The first-order valence-corrected chi connectivity index (χ1v) is 9.25. The summed E-state index contributed by atoms with van der Waals surface area (Å²) in [5.74, 6) is 0.851. The molecule has 0 spiro atoms. The van der Waals surface area contributed by atoms with Crippen LogP contribution in [0.5, 0.6) is 0 Å². The molecule has 2 aliphatic rings. The fourth-order valence-corrected chi connectivity index (χ4v) is 4.36. The Bertz CT molecular complexity index is 334. The summed E-state index contributed by atoms with van der Waals surface area (Å²) in [5.41, 5.74) is 7.53. The van der Waals surface area contributed by atoms with E-state index in [0.29, 0.717) is 22.9 Å². The second kappa shape index (κ2) is 6.58. The first-order valence-electron chi connectivity index (χ1n) is 9.25. The van der Waals surface area contributed by atoms with Crippen molar-refractivity contribution in [3.05, 3.63) is 0 Å². The van der Waals surface area contributed by atoms with Gasteiger partial charge in [-0.1, -0.05) is 41.0 Å². The average Bonchev–Trinajstić information content (AvgIpc) is 2.60. The van der Waals surface area contributed by atoms with E-state index in [1.54, 1.807) is 0 Å². The molecule has 3 unspecified atom stereocenters. The molecule has 124 valence electrons. The van der Waals surface area contributed by atoms with Gasteiger partial charge in [-0.25, -0.2) is 0 Å². The number of nitrogens with zero attached hydrogens (tertiary/aromatic N) is 1. The number of hydrogen-bond acceptors (Lipinski definition) is 2. The van der Waals surface area contributed by atoms with Crippen molar-refractivity contribution in [3.63, 3.8) is 0 Å². The van der Waals surface area contributed by atoms with Crippen LogP contribution in [0.1, 0.15) is 79.6 Å². The summed E-state index contributed by atoms with van der Waals surface area (Å²) in [4.78, 5) is 2.75. The normalized spacial score (nSPS) is 35.4. The fraction of sp³-hybridized carbons (Fsp3) is 1.00. The zero-order valence-corrected chi connectivity index (χ0v) is 15.1. The highest BCUT2D eigenvalue weighted by Gasteiger charge is 2.39. The molecule has 2 heteroatoms. The number of hydrogen-bond donors (Lipinski definition) is 1. The quantitative estimate of drug-likeness (QED) is 0.834. The van der Waals surface area contributed by atoms with Crippen LogP contribution in [0, 0.1) is 16.7 Å². The van der Waals surface area contributed by atoms with Gasteiger partial charge in [0.05, 0.1) is 0 Å². The Hall–Kier alpha value is -0.0800. The molecule has 2 N–H and O–H groups in total. The van der Waals surface area contributed by atoms with Crippen molar-refractivity contribution in [3.8, 4) is 0 Å². The summed E-state index contributed by atoms with van der Waals surface area (Å²) in [6.07, 6.45) is 9.21. The lowest BCUT2D eigenvalue weighted by Gasteiger charge is -2.46. The molecule has 1 saturated heterocycles. The molecule has 0 aromatic heterocycles. The topological polar surface area (TPSA) is 29.3 Å². The van der Waals surface area contributed by atoms with Crippen LogP contribution in [-0.4, -0.2) is 30.1 Å². The van der Waals surface area contributed by atoms with Crippen molar-refractivity contribution in [2.45, 2.75) is 91.6 Å². The fourth-order valence-electron chi connectivity index (χ4n) is 4.36. The van der Waals surface area contributed by atoms with Gasteiger partial charge in [0, 0.05) is 12.1 Å². The number of rotatable bonds is 3. The predicted molar refractivity (Wildman–Crippen MR) is 92.4 cm³/mol. The van der Waals surface area contributed by atoms with Crippen molar-refractivity contribution < 1.29 is 0 Å². The Balaban J connectivity index is 2.03. The highest BCUT2D eigenvalue weighted by Crippen LogP contribution is 2.42. The maximum Gasteiger partial charge on any atom is 0.0250 e. The van der Waals surface area contributed by atoms with Gasteiger partial charge in [-0.2, -0.15) is 0 Å². The molecular weight excluding hydrogens is 256 g/mol. The Morgan fingerprint density at radius 1 is 1.14 bits per heavy atom. The Morgan fingerprint density at radius 3 is 2.52 bits per heavy atom. The highest BCUT2D eigenvalue weighted by atomic mass is 15.2. The average molecular weight is 295 g/mol. The number of nitrogens with two attached hydrogens (primary N) is 1. The zero-order valence-electron chi connectivity index (χ0n) is 15.1. The minimum atomic E-state index is 0.398. The van der Waals surface area contributed by atoms with Gasteiger partial charge in [-0.05, 0) is 68.4 Å². The molecule has 0 aromatic rings. The number of likely N-dealkylation sites (tertiary alicyclic amines) is 1. The van der Waals surface area contributed by atoms with Gasteiger partial charge >= 0.3 is 0 Å². The van der Waals surface area contributed by atoms with Gasteiger partial charge in [0.2, 0.25) is 0 Å². The molecule has 2 fully saturated rings. The third-order valence-corrected chi connectivity index (χ3v) is 6.73. The summed E-state index contributed by atoms with van der Waals surface area (Å²) in [6, 6.07) is 1.03. The van der Waals surface area contributed by atoms with Gasteiger partial charge in [0.15, 0.2) is 0 Å². The monoisotopic (exact) mass is 294 g/mol. The van der Waals surface area contributed by atoms with Gasteiger partial charge in [0.25, 0.3) is 0 Å². The van der Waals surface area contributed by atoms with Gasteiger partial charge in [0.1, 0.15) is 0 Å². The summed E-state index contributed by atoms with van der Waals surface area (Å²) < 4.78 is 0. The van der Waals surface area contributed by atoms with Crippen molar-refractivity contribution in [2.24, 2.45) is 22.5 Å². The second-order valence-corrected chi connectivity index (χ2v) is 9.14. The largest absolute Gasteiger partial charge is 0.326 e. The molecule has 0 radical (unpaired) electrons. The van der Waals surface area contributed by atoms with Crippen LogP contribution in [-0.2, 0) is 0 Å². The van der Waals surface area contributed by atoms with Crippen molar-refractivity contribution in [2.75, 3.05) is 13.1 Å². The third-order valence-electron chi connectivity index (χ3n) is 6.73. The Morgan fingerprint density at radius 2 is 1.86 bits per heavy atom. The van der Waals surface area contributed by atoms with E-state index in [1.807, 2.05) is 0 Å². The Labute approximate surface area is 132 Å². The van der Waals surface area contributed by atoms with E-state index in [2.05, 4.69) is 39.5 Å². The third kappa shape index (κ3) is 4.22. The van der Waals surface area contributed by atoms with Gasteiger partial charge in [-0.3, -0.25) is 4.90 Å². The molecule has 21 heavy (non-hydrogen) atoms. The summed E-state index contributed by atoms with van der Waals surface area (Å²) in [5, 5.41) is 0. The molecule has 1 saturated carbocycles. The Kier molecular flexibility index (Phi) is 5.41. The molecule has 2 nitrogen and oxygen atoms in total. The molecule has 1 aliphatic carbocycles. The lowest BCUT2D eigenvalue weighted by molar-refractivity contribution is 0.0602. The zero-order chi connectivity index (χ0) is 15.7. The molecule has 3 atom stereocenters. The van der Waals surface area contributed by atoms with E-state index >= 15 is 0 Å². The molecular formula is C19H38N2. The van der Waals surface area contributed by atoms with Crippen LogP contribution in [0.4, 0.5) is 0 Å². The van der Waals surface area contributed by atoms with Crippen LogP contribution in [0.15, 0.2) is 0 Å². The summed E-state index contributed by atoms with van der Waals surface area (Å²) >= 11 is 0. The van der Waals surface area contributed by atoms with Crippen molar-refractivity contribution >= 4 is 0 Å². The minimum Gasteiger partial charge on any atom is -0.326 e. The van der Waals surface area contributed by atoms with Crippen LogP contribution in [0.25, 0.3) is 0 Å². The molecule has 1 heterocycles. The van der Waals surface area contributed by atoms with E-state index < -0.39 is 0 Å². The first-order chi connectivity index (χ1) is 9.75. The van der Waals surface area contributed by atoms with Gasteiger partial charge in [-0.15, -0.1) is 0 Å². The van der Waals surface area contributed by atoms with Gasteiger partial charge < -0.3 is 5.73 Å². The van der Waals surface area contributed by atoms with Crippen LogP contribution < -0.4 is 5.73 Å². The lowest BCUT2D eigenvalue weighted by atomic mass is 9.67. The first kappa shape index (κ1) is 17.3. The van der Waals surface area contributed by atoms with E-state index in [4.69, 9.17) is 5.73 Å².